The SMILES string of the molecule is O=C(NCC(F)(F)F)[C@H]1[C@@H]2C[C@@H](CN(C(=O)c3ccoc3)C2)c2cccc(=O)n21. The van der Waals surface area contributed by atoms with Crippen LogP contribution in [0.1, 0.15) is 34.4 Å². The summed E-state index contributed by atoms with van der Waals surface area (Å²) in [5, 5.41) is 1.89. The minimum absolute atomic E-state index is 0.158. The van der Waals surface area contributed by atoms with Crippen molar-refractivity contribution in [3.05, 3.63) is 58.4 Å². The second-order valence-corrected chi connectivity index (χ2v) is 7.35. The first kappa shape index (κ1) is 19.3. The zero-order chi connectivity index (χ0) is 20.8. The number of amides is 2. The quantitative estimate of drug-likeness (QED) is 0.840. The van der Waals surface area contributed by atoms with E-state index >= 15 is 0 Å². The third-order valence-electron chi connectivity index (χ3n) is 5.43. The second-order valence-electron chi connectivity index (χ2n) is 7.35. The smallest absolute Gasteiger partial charge is 0.405 e. The van der Waals surface area contributed by atoms with Crippen LogP contribution in [-0.2, 0) is 4.79 Å². The number of hydrogen-bond donors (Lipinski definition) is 1. The van der Waals surface area contributed by atoms with Crippen LogP contribution in [0.15, 0.2) is 46.0 Å². The van der Waals surface area contributed by atoms with E-state index in [0.29, 0.717) is 24.2 Å². The fourth-order valence-electron chi connectivity index (χ4n) is 4.30. The van der Waals surface area contributed by atoms with Crippen molar-refractivity contribution in [2.45, 2.75) is 24.6 Å². The molecule has 154 valence electrons. The van der Waals surface area contributed by atoms with Crippen molar-refractivity contribution in [1.29, 1.82) is 0 Å². The van der Waals surface area contributed by atoms with Crippen molar-refractivity contribution in [3.63, 3.8) is 0 Å². The Hall–Kier alpha value is -3.04. The van der Waals surface area contributed by atoms with Crippen LogP contribution in [0.5, 0.6) is 0 Å². The Morgan fingerprint density at radius 3 is 2.69 bits per heavy atom. The zero-order valence-corrected chi connectivity index (χ0v) is 15.2. The van der Waals surface area contributed by atoms with Crippen molar-refractivity contribution < 1.29 is 27.2 Å². The Morgan fingerprint density at radius 2 is 2.00 bits per heavy atom. The molecule has 2 aromatic rings. The molecule has 0 radical (unpaired) electrons. The summed E-state index contributed by atoms with van der Waals surface area (Å²) in [6.07, 6.45) is -1.37. The predicted molar refractivity (Wildman–Crippen MR) is 94.3 cm³/mol. The normalized spacial score (nSPS) is 23.4. The molecule has 4 heterocycles. The van der Waals surface area contributed by atoms with Crippen LogP contribution in [0.25, 0.3) is 0 Å². The lowest BCUT2D eigenvalue weighted by atomic mass is 9.78. The van der Waals surface area contributed by atoms with Gasteiger partial charge >= 0.3 is 6.18 Å². The lowest BCUT2D eigenvalue weighted by Gasteiger charge is -2.46. The van der Waals surface area contributed by atoms with E-state index in [9.17, 15) is 27.6 Å². The van der Waals surface area contributed by atoms with Crippen LogP contribution in [0.2, 0.25) is 0 Å². The molecule has 2 amide bonds. The summed E-state index contributed by atoms with van der Waals surface area (Å²) in [4.78, 5) is 39.5. The van der Waals surface area contributed by atoms with Gasteiger partial charge in [-0.15, -0.1) is 0 Å². The van der Waals surface area contributed by atoms with Crippen molar-refractivity contribution in [3.8, 4) is 0 Å². The van der Waals surface area contributed by atoms with E-state index in [1.165, 1.54) is 29.2 Å². The van der Waals surface area contributed by atoms with Crippen LogP contribution in [0.3, 0.4) is 0 Å². The van der Waals surface area contributed by atoms with Gasteiger partial charge in [-0.1, -0.05) is 6.07 Å². The van der Waals surface area contributed by atoms with E-state index in [1.807, 2.05) is 5.32 Å². The molecule has 1 fully saturated rings. The van der Waals surface area contributed by atoms with E-state index in [2.05, 4.69) is 0 Å². The van der Waals surface area contributed by atoms with E-state index in [4.69, 9.17) is 4.42 Å². The summed E-state index contributed by atoms with van der Waals surface area (Å²) in [5.41, 5.74) is 0.457. The molecule has 4 rings (SSSR count). The molecule has 7 nitrogen and oxygen atoms in total. The zero-order valence-electron chi connectivity index (χ0n) is 15.2. The van der Waals surface area contributed by atoms with Crippen molar-refractivity contribution in [1.82, 2.24) is 14.8 Å². The molecule has 3 atom stereocenters. The molecule has 0 unspecified atom stereocenters. The molecule has 0 aliphatic carbocycles. The number of fused-ring (bicyclic) bond motifs is 4. The third-order valence-corrected chi connectivity index (χ3v) is 5.43. The number of rotatable bonds is 3. The van der Waals surface area contributed by atoms with Gasteiger partial charge in [-0.3, -0.25) is 19.0 Å². The van der Waals surface area contributed by atoms with E-state index < -0.39 is 36.1 Å². The summed E-state index contributed by atoms with van der Waals surface area (Å²) >= 11 is 0. The molecule has 2 aliphatic heterocycles. The third kappa shape index (κ3) is 3.66. The van der Waals surface area contributed by atoms with Crippen molar-refractivity contribution in [2.24, 2.45) is 5.92 Å². The van der Waals surface area contributed by atoms with Crippen LogP contribution in [0.4, 0.5) is 13.2 Å². The lowest BCUT2D eigenvalue weighted by Crippen LogP contribution is -2.55. The number of carbonyl (C=O) groups is 2. The number of piperidine rings is 1. The summed E-state index contributed by atoms with van der Waals surface area (Å²) in [7, 11) is 0. The van der Waals surface area contributed by atoms with Gasteiger partial charge in [0, 0.05) is 36.7 Å². The summed E-state index contributed by atoms with van der Waals surface area (Å²) in [5.74, 6) is -1.83. The van der Waals surface area contributed by atoms with Gasteiger partial charge in [0.05, 0.1) is 11.8 Å². The van der Waals surface area contributed by atoms with Crippen LogP contribution >= 0.6 is 0 Å². The minimum atomic E-state index is -4.56. The Labute approximate surface area is 163 Å². The second kappa shape index (κ2) is 7.09. The van der Waals surface area contributed by atoms with Gasteiger partial charge in [-0.05, 0) is 18.6 Å². The van der Waals surface area contributed by atoms with Crippen molar-refractivity contribution >= 4 is 11.8 Å². The Morgan fingerprint density at radius 1 is 1.21 bits per heavy atom. The maximum atomic E-state index is 12.8. The van der Waals surface area contributed by atoms with Gasteiger partial charge in [-0.2, -0.15) is 13.2 Å². The number of nitrogens with zero attached hydrogens (tertiary/aromatic N) is 2. The molecule has 0 saturated carbocycles. The number of hydrogen-bond acceptors (Lipinski definition) is 4. The molecule has 0 spiro atoms. The number of alkyl halides is 3. The molecular weight excluding hydrogens is 391 g/mol. The van der Waals surface area contributed by atoms with Gasteiger partial charge in [0.25, 0.3) is 11.5 Å². The molecule has 1 saturated heterocycles. The number of aromatic nitrogens is 1. The molecule has 10 heteroatoms. The first-order valence-electron chi connectivity index (χ1n) is 9.12. The standard InChI is InChI=1S/C19H18F3N3O4/c20-19(21,22)10-23-17(27)16-13-6-12(14-2-1-3-15(26)25(14)16)7-24(8-13)18(28)11-4-5-29-9-11/h1-5,9,12-13,16H,6-8,10H2,(H,23,27)/t12-,13+,16+/m0/s1. The molecular formula is C19H18F3N3O4. The molecule has 2 aliphatic rings. The number of nitrogens with one attached hydrogen (secondary N) is 1. The number of halogens is 3. The number of pyridine rings is 1. The highest BCUT2D eigenvalue weighted by Crippen LogP contribution is 2.41. The van der Waals surface area contributed by atoms with Gasteiger partial charge in [0.1, 0.15) is 18.8 Å². The molecule has 2 bridgehead atoms. The highest BCUT2D eigenvalue weighted by molar-refractivity contribution is 5.94. The van der Waals surface area contributed by atoms with Crippen molar-refractivity contribution in [2.75, 3.05) is 19.6 Å². The Balaban J connectivity index is 1.68. The average Bonchev–Trinajstić information content (AvgIpc) is 3.20. The lowest BCUT2D eigenvalue weighted by molar-refractivity contribution is -0.142. The molecule has 2 aromatic heterocycles. The summed E-state index contributed by atoms with van der Waals surface area (Å²) < 4.78 is 44.0. The van der Waals surface area contributed by atoms with Gasteiger partial charge in [0.2, 0.25) is 5.91 Å². The van der Waals surface area contributed by atoms with Crippen LogP contribution in [0, 0.1) is 5.92 Å². The fraction of sp³-hybridized carbons (Fsp3) is 0.421. The number of likely N-dealkylation sites (tertiary alicyclic amines) is 1. The molecule has 1 N–H and O–H groups in total. The topological polar surface area (TPSA) is 84.6 Å². The predicted octanol–water partition coefficient (Wildman–Crippen LogP) is 1.92. The van der Waals surface area contributed by atoms with Gasteiger partial charge < -0.3 is 14.6 Å². The van der Waals surface area contributed by atoms with E-state index in [-0.39, 0.29) is 18.4 Å². The Kier molecular flexibility index (Phi) is 4.71. The van der Waals surface area contributed by atoms with E-state index in [1.54, 1.807) is 17.0 Å². The fourth-order valence-corrected chi connectivity index (χ4v) is 4.30. The minimum Gasteiger partial charge on any atom is -0.472 e. The van der Waals surface area contributed by atoms with Gasteiger partial charge in [0.15, 0.2) is 0 Å². The maximum Gasteiger partial charge on any atom is 0.405 e. The highest BCUT2D eigenvalue weighted by atomic mass is 19.4. The van der Waals surface area contributed by atoms with Gasteiger partial charge in [-0.25, -0.2) is 0 Å². The average molecular weight is 409 g/mol. The monoisotopic (exact) mass is 409 g/mol. The number of carbonyl (C=O) groups excluding carboxylic acids is 2. The summed E-state index contributed by atoms with van der Waals surface area (Å²) in [6, 6.07) is 4.92. The Bertz CT molecular complexity index is 983. The highest BCUT2D eigenvalue weighted by Gasteiger charge is 2.45. The first-order valence-corrected chi connectivity index (χ1v) is 9.12. The van der Waals surface area contributed by atoms with E-state index in [0.717, 1.165) is 0 Å². The molecule has 29 heavy (non-hydrogen) atoms. The summed E-state index contributed by atoms with van der Waals surface area (Å²) in [6.45, 7) is -0.973. The first-order chi connectivity index (χ1) is 13.7. The largest absolute Gasteiger partial charge is 0.472 e. The molecule has 0 aromatic carbocycles. The van der Waals surface area contributed by atoms with Crippen LogP contribution in [-0.4, -0.2) is 47.1 Å². The van der Waals surface area contributed by atoms with Crippen LogP contribution < -0.4 is 10.9 Å². The maximum absolute atomic E-state index is 12.8. The number of furan rings is 1.